The maximum absolute atomic E-state index is 12.7. The van der Waals surface area contributed by atoms with Crippen LogP contribution in [0.3, 0.4) is 0 Å². The van der Waals surface area contributed by atoms with E-state index in [0.717, 1.165) is 47.6 Å². The summed E-state index contributed by atoms with van der Waals surface area (Å²) in [7, 11) is 0. The summed E-state index contributed by atoms with van der Waals surface area (Å²) in [5, 5.41) is 15.1. The van der Waals surface area contributed by atoms with Crippen molar-refractivity contribution in [1.29, 1.82) is 0 Å². The molecule has 0 saturated carbocycles. The molecule has 4 aromatic rings. The summed E-state index contributed by atoms with van der Waals surface area (Å²) in [4.78, 5) is 19.7. The Morgan fingerprint density at radius 2 is 1.82 bits per heavy atom. The molecule has 1 amide bonds. The Bertz CT molecular complexity index is 1250. The Kier molecular flexibility index (Phi) is 7.03. The van der Waals surface area contributed by atoms with Crippen LogP contribution in [0.4, 0.5) is 5.13 Å². The van der Waals surface area contributed by atoms with Crippen LogP contribution in [0.15, 0.2) is 65.1 Å². The van der Waals surface area contributed by atoms with Crippen LogP contribution in [0.2, 0.25) is 0 Å². The number of anilines is 1. The quantitative estimate of drug-likeness (QED) is 0.349. The predicted octanol–water partition coefficient (Wildman–Crippen LogP) is 5.03. The van der Waals surface area contributed by atoms with Gasteiger partial charge in [0.05, 0.1) is 18.0 Å². The van der Waals surface area contributed by atoms with E-state index in [1.807, 2.05) is 47.8 Å². The monoisotopic (exact) mass is 490 g/mol. The molecule has 7 nitrogen and oxygen atoms in total. The number of carbonyl (C=O) groups is 1. The number of rotatable bonds is 8. The van der Waals surface area contributed by atoms with Crippen LogP contribution in [0.5, 0.6) is 0 Å². The topological polar surface area (TPSA) is 75.9 Å². The number of nitrogens with one attached hydrogen (secondary N) is 1. The third kappa shape index (κ3) is 5.38. The first-order chi connectivity index (χ1) is 16.7. The maximum Gasteiger partial charge on any atom is 0.236 e. The van der Waals surface area contributed by atoms with Gasteiger partial charge in [0, 0.05) is 16.6 Å². The summed E-state index contributed by atoms with van der Waals surface area (Å²) < 4.78 is 2.06. The lowest BCUT2D eigenvalue weighted by Gasteiger charge is -2.15. The molecule has 0 bridgehead atoms. The highest BCUT2D eigenvalue weighted by Crippen LogP contribution is 2.27. The first-order valence-corrected chi connectivity index (χ1v) is 13.2. The van der Waals surface area contributed by atoms with Gasteiger partial charge in [-0.1, -0.05) is 59.8 Å². The normalized spacial score (nSPS) is 13.9. The molecular formula is C25H26N6OS2. The number of amides is 1. The van der Waals surface area contributed by atoms with E-state index < -0.39 is 0 Å². The van der Waals surface area contributed by atoms with Crippen LogP contribution in [-0.4, -0.2) is 49.4 Å². The summed E-state index contributed by atoms with van der Waals surface area (Å²) in [5.74, 6) is 1.02. The van der Waals surface area contributed by atoms with Crippen LogP contribution in [-0.2, 0) is 11.3 Å². The fraction of sp³-hybridized carbons (Fsp3) is 0.280. The predicted molar refractivity (Wildman–Crippen MR) is 138 cm³/mol. The first-order valence-electron chi connectivity index (χ1n) is 11.3. The second-order valence-corrected chi connectivity index (χ2v) is 10.1. The zero-order valence-electron chi connectivity index (χ0n) is 19.0. The number of nitrogens with zero attached hydrogens (tertiary/aromatic N) is 5. The maximum atomic E-state index is 12.7. The lowest BCUT2D eigenvalue weighted by atomic mass is 10.1. The number of aromatic nitrogens is 4. The molecule has 1 fully saturated rings. The number of carbonyl (C=O) groups excluding carboxylic acids is 1. The summed E-state index contributed by atoms with van der Waals surface area (Å²) in [6.07, 6.45) is 2.45. The highest BCUT2D eigenvalue weighted by atomic mass is 32.2. The van der Waals surface area contributed by atoms with Crippen molar-refractivity contribution in [3.63, 3.8) is 0 Å². The second-order valence-electron chi connectivity index (χ2n) is 8.29. The Labute approximate surface area is 207 Å². The number of likely N-dealkylation sites (tertiary alicyclic amines) is 1. The molecule has 174 valence electrons. The lowest BCUT2D eigenvalue weighted by Crippen LogP contribution is -2.21. The van der Waals surface area contributed by atoms with E-state index in [9.17, 15) is 4.79 Å². The molecule has 1 N–H and O–H groups in total. The Hall–Kier alpha value is -3.01. The number of thioether (sulfide) groups is 1. The van der Waals surface area contributed by atoms with Gasteiger partial charge < -0.3 is 5.32 Å². The SMILES string of the molecule is Cc1ccc(-c2csc(NC(=O)CSc3nnc(CN4CCCC4)n3-c3ccccc3)n2)cc1. The molecule has 5 rings (SSSR count). The van der Waals surface area contributed by atoms with Gasteiger partial charge in [-0.05, 0) is 45.0 Å². The highest BCUT2D eigenvalue weighted by molar-refractivity contribution is 7.99. The van der Waals surface area contributed by atoms with E-state index in [1.54, 1.807) is 0 Å². The molecule has 0 unspecified atom stereocenters. The lowest BCUT2D eigenvalue weighted by molar-refractivity contribution is -0.113. The number of benzene rings is 2. The fourth-order valence-electron chi connectivity index (χ4n) is 3.95. The van der Waals surface area contributed by atoms with Crippen molar-refractivity contribution in [1.82, 2.24) is 24.6 Å². The van der Waals surface area contributed by atoms with E-state index in [2.05, 4.69) is 49.0 Å². The van der Waals surface area contributed by atoms with Crippen molar-refractivity contribution in [3.05, 3.63) is 71.4 Å². The van der Waals surface area contributed by atoms with E-state index in [4.69, 9.17) is 0 Å². The van der Waals surface area contributed by atoms with Gasteiger partial charge in [-0.15, -0.1) is 21.5 Å². The van der Waals surface area contributed by atoms with Gasteiger partial charge in [0.2, 0.25) is 5.91 Å². The third-order valence-corrected chi connectivity index (χ3v) is 7.40. The molecule has 1 saturated heterocycles. The van der Waals surface area contributed by atoms with Crippen LogP contribution < -0.4 is 5.32 Å². The summed E-state index contributed by atoms with van der Waals surface area (Å²) in [6.45, 7) is 4.99. The smallest absolute Gasteiger partial charge is 0.236 e. The number of para-hydroxylation sites is 1. The molecule has 2 aromatic carbocycles. The summed E-state index contributed by atoms with van der Waals surface area (Å²) in [5.41, 5.74) is 4.12. The van der Waals surface area contributed by atoms with Gasteiger partial charge in [-0.2, -0.15) is 0 Å². The molecular weight excluding hydrogens is 464 g/mol. The molecule has 1 aliphatic rings. The molecule has 0 spiro atoms. The van der Waals surface area contributed by atoms with Gasteiger partial charge >= 0.3 is 0 Å². The van der Waals surface area contributed by atoms with Crippen LogP contribution >= 0.6 is 23.1 Å². The summed E-state index contributed by atoms with van der Waals surface area (Å²) >= 11 is 2.82. The number of thiazole rings is 1. The number of hydrogen-bond donors (Lipinski definition) is 1. The Balaban J connectivity index is 1.26. The van der Waals surface area contributed by atoms with Gasteiger partial charge in [0.25, 0.3) is 0 Å². The second kappa shape index (κ2) is 10.5. The number of hydrogen-bond acceptors (Lipinski definition) is 7. The number of aryl methyl sites for hydroxylation is 1. The van der Waals surface area contributed by atoms with Gasteiger partial charge in [-0.25, -0.2) is 4.98 Å². The zero-order valence-corrected chi connectivity index (χ0v) is 20.6. The molecule has 34 heavy (non-hydrogen) atoms. The molecule has 1 aliphatic heterocycles. The average molecular weight is 491 g/mol. The highest BCUT2D eigenvalue weighted by Gasteiger charge is 2.20. The van der Waals surface area contributed by atoms with Crippen LogP contribution in [0.1, 0.15) is 24.2 Å². The van der Waals surface area contributed by atoms with Crippen LogP contribution in [0.25, 0.3) is 16.9 Å². The van der Waals surface area contributed by atoms with E-state index in [1.165, 1.54) is 41.5 Å². The minimum Gasteiger partial charge on any atom is -0.301 e. The van der Waals surface area contributed by atoms with Crippen molar-refractivity contribution < 1.29 is 4.79 Å². The molecule has 2 aromatic heterocycles. The van der Waals surface area contributed by atoms with Crippen molar-refractivity contribution in [2.45, 2.75) is 31.5 Å². The third-order valence-electron chi connectivity index (χ3n) is 5.71. The van der Waals surface area contributed by atoms with Crippen molar-refractivity contribution in [2.24, 2.45) is 0 Å². The standard InChI is InChI=1S/C25H26N6OS2/c1-18-9-11-19(12-10-18)21-16-33-24(26-21)27-23(32)17-34-25-29-28-22(15-30-13-5-6-14-30)31(25)20-7-3-2-4-8-20/h2-4,7-12,16H,5-6,13-15,17H2,1H3,(H,26,27,32). The zero-order chi connectivity index (χ0) is 23.3. The summed E-state index contributed by atoms with van der Waals surface area (Å²) in [6, 6.07) is 18.3. The first kappa shape index (κ1) is 22.8. The van der Waals surface area contributed by atoms with Gasteiger partial charge in [-0.3, -0.25) is 14.3 Å². The molecule has 9 heteroatoms. The van der Waals surface area contributed by atoms with Crippen molar-refractivity contribution in [2.75, 3.05) is 24.2 Å². The molecule has 3 heterocycles. The van der Waals surface area contributed by atoms with Gasteiger partial charge in [0.1, 0.15) is 0 Å². The van der Waals surface area contributed by atoms with Crippen LogP contribution in [0, 0.1) is 6.92 Å². The Morgan fingerprint density at radius 3 is 2.59 bits per heavy atom. The molecule has 0 radical (unpaired) electrons. The fourth-order valence-corrected chi connectivity index (χ4v) is 5.45. The molecule has 0 aliphatic carbocycles. The Morgan fingerprint density at radius 1 is 1.06 bits per heavy atom. The van der Waals surface area contributed by atoms with E-state index in [0.29, 0.717) is 5.13 Å². The van der Waals surface area contributed by atoms with Crippen molar-refractivity contribution >= 4 is 34.1 Å². The average Bonchev–Trinajstić information content (AvgIpc) is 3.61. The largest absolute Gasteiger partial charge is 0.301 e. The van der Waals surface area contributed by atoms with Crippen molar-refractivity contribution in [3.8, 4) is 16.9 Å². The minimum absolute atomic E-state index is 0.112. The van der Waals surface area contributed by atoms with E-state index >= 15 is 0 Å². The minimum atomic E-state index is -0.112. The van der Waals surface area contributed by atoms with Gasteiger partial charge in [0.15, 0.2) is 16.1 Å². The van der Waals surface area contributed by atoms with E-state index in [-0.39, 0.29) is 11.7 Å². The molecule has 0 atom stereocenters.